The van der Waals surface area contributed by atoms with Gasteiger partial charge in [-0.1, -0.05) is 36.4 Å². The third-order valence-electron chi connectivity index (χ3n) is 14.0. The molecule has 2 atom stereocenters. The number of pyridine rings is 4. The predicted molar refractivity (Wildman–Crippen MR) is 292 cm³/mol. The molecule has 4 aromatic carbocycles. The lowest BCUT2D eigenvalue weighted by Gasteiger charge is -2.29. The van der Waals surface area contributed by atoms with Crippen LogP contribution in [-0.4, -0.2) is 72.5 Å². The van der Waals surface area contributed by atoms with Crippen molar-refractivity contribution in [1.29, 1.82) is 0 Å². The zero-order valence-electron chi connectivity index (χ0n) is 42.2. The second-order valence-corrected chi connectivity index (χ2v) is 19.4. The number of ether oxygens (including phenoxy) is 4. The van der Waals surface area contributed by atoms with Gasteiger partial charge in [-0.05, 0) is 124 Å². The fourth-order valence-corrected chi connectivity index (χ4v) is 10.2. The first-order chi connectivity index (χ1) is 36.1. The number of aryl methyl sites for hydroxylation is 2. The number of fused-ring (bicyclic) bond motifs is 4. The maximum atomic E-state index is 12.6. The Morgan fingerprint density at radius 2 is 0.919 bits per heavy atom. The number of aromatic amines is 2. The quantitative estimate of drug-likeness (QED) is 0.103. The number of aromatic nitrogens is 4. The molecular formula is C60H60N8O6. The summed E-state index contributed by atoms with van der Waals surface area (Å²) >= 11 is 0. The van der Waals surface area contributed by atoms with Crippen molar-refractivity contribution in [3.05, 3.63) is 199 Å². The minimum atomic E-state index is -0.124. The van der Waals surface area contributed by atoms with Crippen LogP contribution < -0.4 is 41.0 Å². The van der Waals surface area contributed by atoms with Gasteiger partial charge in [0.15, 0.2) is 0 Å². The van der Waals surface area contributed by atoms with Gasteiger partial charge < -0.3 is 49.3 Å². The first kappa shape index (κ1) is 48.1. The highest BCUT2D eigenvalue weighted by Crippen LogP contribution is 2.45. The van der Waals surface area contributed by atoms with Crippen molar-refractivity contribution in [3.8, 4) is 45.5 Å². The molecular weight excluding hydrogens is 929 g/mol. The zero-order valence-corrected chi connectivity index (χ0v) is 42.2. The van der Waals surface area contributed by atoms with E-state index in [0.717, 1.165) is 152 Å². The van der Waals surface area contributed by atoms with Gasteiger partial charge in [0.2, 0.25) is 11.1 Å². The first-order valence-electron chi connectivity index (χ1n) is 25.5. The Balaban J connectivity index is 0.000000159. The fraction of sp³-hybridized carbons (Fsp3) is 0.267. The van der Waals surface area contributed by atoms with E-state index in [1.54, 1.807) is 12.1 Å². The predicted octanol–water partition coefficient (Wildman–Crippen LogP) is 10.9. The summed E-state index contributed by atoms with van der Waals surface area (Å²) in [6.07, 6.45) is 1.50. The third kappa shape index (κ3) is 10.6. The normalized spacial score (nSPS) is 15.4. The SMILES string of the molecule is Cc1cccc(C(C)Nc2ccc3c(c2)Cc2cccc(-c4cc(N5CCOCC5)cc(=O)[nH]4)c2O3)n1.Cc1cccc(C(C)Nc2ccc3c(c2)Cc2cccc(-c4cc(N5CCOCC5)cc(=O)[nH]4)c2O3)n1. The van der Waals surface area contributed by atoms with E-state index in [1.807, 2.05) is 111 Å². The van der Waals surface area contributed by atoms with Crippen LogP contribution in [0.3, 0.4) is 0 Å². The van der Waals surface area contributed by atoms with Crippen LogP contribution in [0, 0.1) is 13.8 Å². The van der Waals surface area contributed by atoms with Crippen LogP contribution in [0.5, 0.6) is 23.0 Å². The minimum absolute atomic E-state index is 0.0805. The molecule has 4 aliphatic rings. The van der Waals surface area contributed by atoms with Crippen LogP contribution in [0.25, 0.3) is 22.5 Å². The highest BCUT2D eigenvalue weighted by Gasteiger charge is 2.25. The largest absolute Gasteiger partial charge is 0.456 e. The van der Waals surface area contributed by atoms with Crippen LogP contribution in [0.1, 0.15) is 71.0 Å². The second-order valence-electron chi connectivity index (χ2n) is 19.4. The molecule has 0 amide bonds. The molecule has 0 saturated carbocycles. The summed E-state index contributed by atoms with van der Waals surface area (Å²) in [5.41, 5.74) is 15.4. The van der Waals surface area contributed by atoms with E-state index in [2.05, 4.69) is 78.5 Å². The molecule has 2 saturated heterocycles. The second kappa shape index (κ2) is 21.1. The lowest BCUT2D eigenvalue weighted by molar-refractivity contribution is 0.122. The third-order valence-corrected chi connectivity index (χ3v) is 14.0. The van der Waals surface area contributed by atoms with Gasteiger partial charge in [-0.2, -0.15) is 0 Å². The van der Waals surface area contributed by atoms with Gasteiger partial charge in [-0.3, -0.25) is 19.6 Å². The minimum Gasteiger partial charge on any atom is -0.456 e. The van der Waals surface area contributed by atoms with Crippen LogP contribution in [0.4, 0.5) is 22.7 Å². The summed E-state index contributed by atoms with van der Waals surface area (Å²) in [5, 5.41) is 7.14. The Morgan fingerprint density at radius 1 is 0.500 bits per heavy atom. The van der Waals surface area contributed by atoms with Crippen molar-refractivity contribution in [3.63, 3.8) is 0 Å². The van der Waals surface area contributed by atoms with Crippen LogP contribution in [0.2, 0.25) is 0 Å². The fourth-order valence-electron chi connectivity index (χ4n) is 10.2. The Bertz CT molecular complexity index is 3240. The number of nitrogens with one attached hydrogen (secondary N) is 4. The van der Waals surface area contributed by atoms with Crippen LogP contribution >= 0.6 is 0 Å². The van der Waals surface area contributed by atoms with E-state index >= 15 is 0 Å². The number of anilines is 4. The Kier molecular flexibility index (Phi) is 13.7. The van der Waals surface area contributed by atoms with Gasteiger partial charge in [0.25, 0.3) is 0 Å². The number of H-pyrrole nitrogens is 2. The summed E-state index contributed by atoms with van der Waals surface area (Å²) in [6, 6.07) is 44.4. The smallest absolute Gasteiger partial charge is 0.250 e. The van der Waals surface area contributed by atoms with Crippen molar-refractivity contribution in [1.82, 2.24) is 19.9 Å². The number of para-hydroxylation sites is 2. The molecule has 14 heteroatoms. The van der Waals surface area contributed by atoms with Gasteiger partial charge >= 0.3 is 0 Å². The number of hydrogen-bond donors (Lipinski definition) is 4. The molecule has 4 aliphatic heterocycles. The van der Waals surface area contributed by atoms with E-state index in [4.69, 9.17) is 18.9 Å². The first-order valence-corrected chi connectivity index (χ1v) is 25.5. The van der Waals surface area contributed by atoms with Gasteiger partial charge in [-0.15, -0.1) is 0 Å². The number of benzene rings is 4. The number of nitrogens with zero attached hydrogens (tertiary/aromatic N) is 4. The highest BCUT2D eigenvalue weighted by atomic mass is 16.5. The van der Waals surface area contributed by atoms with Gasteiger partial charge in [0, 0.05) is 108 Å². The molecule has 4 aromatic heterocycles. The standard InChI is InChI=1S/2C30H30N4O3/c2*1-19-5-3-8-26(31-19)20(2)32-23-9-10-28-22(16-23)15-21-6-4-7-25(30(21)37-28)27-17-24(18-29(35)33-27)34-11-13-36-14-12-34/h2*3-10,16-18,20,32H,11-15H2,1-2H3,(H,33,35). The van der Waals surface area contributed by atoms with E-state index in [9.17, 15) is 9.59 Å². The Labute approximate surface area is 430 Å². The van der Waals surface area contributed by atoms with Crippen LogP contribution in [-0.2, 0) is 22.3 Å². The molecule has 74 heavy (non-hydrogen) atoms. The van der Waals surface area contributed by atoms with E-state index < -0.39 is 0 Å². The van der Waals surface area contributed by atoms with E-state index in [1.165, 1.54) is 0 Å². The van der Waals surface area contributed by atoms with Crippen molar-refractivity contribution >= 4 is 22.7 Å². The summed E-state index contributed by atoms with van der Waals surface area (Å²) < 4.78 is 23.9. The molecule has 0 radical (unpaired) electrons. The molecule has 4 N–H and O–H groups in total. The number of morpholine rings is 2. The molecule has 12 rings (SSSR count). The average Bonchev–Trinajstić information content (AvgIpc) is 3.42. The molecule has 14 nitrogen and oxygen atoms in total. The monoisotopic (exact) mass is 988 g/mol. The molecule has 0 aliphatic carbocycles. The van der Waals surface area contributed by atoms with E-state index in [-0.39, 0.29) is 23.2 Å². The highest BCUT2D eigenvalue weighted by molar-refractivity contribution is 5.76. The molecule has 8 heterocycles. The lowest BCUT2D eigenvalue weighted by Crippen LogP contribution is -2.36. The number of rotatable bonds is 10. The molecule has 0 bridgehead atoms. The maximum absolute atomic E-state index is 12.6. The number of hydrogen-bond acceptors (Lipinski definition) is 12. The Morgan fingerprint density at radius 3 is 1.34 bits per heavy atom. The molecule has 8 aromatic rings. The summed E-state index contributed by atoms with van der Waals surface area (Å²) in [5.74, 6) is 3.25. The molecule has 0 spiro atoms. The maximum Gasteiger partial charge on any atom is 0.250 e. The van der Waals surface area contributed by atoms with Gasteiger partial charge in [-0.25, -0.2) is 0 Å². The zero-order chi connectivity index (χ0) is 50.7. The van der Waals surface area contributed by atoms with Crippen molar-refractivity contribution < 1.29 is 18.9 Å². The van der Waals surface area contributed by atoms with Crippen LogP contribution in [0.15, 0.2) is 143 Å². The van der Waals surface area contributed by atoms with Crippen molar-refractivity contribution in [2.45, 2.75) is 52.6 Å². The summed E-state index contributed by atoms with van der Waals surface area (Å²) in [4.78, 5) is 44.9. The Hall–Kier alpha value is -8.20. The average molecular weight is 989 g/mol. The van der Waals surface area contributed by atoms with Gasteiger partial charge in [0.05, 0.1) is 61.3 Å². The molecule has 2 fully saturated rings. The summed E-state index contributed by atoms with van der Waals surface area (Å²) in [7, 11) is 0. The van der Waals surface area contributed by atoms with Crippen molar-refractivity contribution in [2.24, 2.45) is 0 Å². The molecule has 376 valence electrons. The molecule has 2 unspecified atom stereocenters. The van der Waals surface area contributed by atoms with E-state index in [0.29, 0.717) is 26.4 Å². The summed E-state index contributed by atoms with van der Waals surface area (Å²) in [6.45, 7) is 14.0. The van der Waals surface area contributed by atoms with Gasteiger partial charge in [0.1, 0.15) is 23.0 Å². The lowest BCUT2D eigenvalue weighted by atomic mass is 9.96. The topological polar surface area (TPSA) is 159 Å². The van der Waals surface area contributed by atoms with Crippen molar-refractivity contribution in [2.75, 3.05) is 73.0 Å².